The summed E-state index contributed by atoms with van der Waals surface area (Å²) in [5.74, 6) is 1.74. The van der Waals surface area contributed by atoms with Gasteiger partial charge in [-0.1, -0.05) is 41.4 Å². The summed E-state index contributed by atoms with van der Waals surface area (Å²) >= 11 is 5.11. The van der Waals surface area contributed by atoms with Crippen molar-refractivity contribution in [1.29, 1.82) is 0 Å². The van der Waals surface area contributed by atoms with Crippen LogP contribution in [0.3, 0.4) is 0 Å². The fraction of sp³-hybridized carbons (Fsp3) is 0.500. The molecule has 0 heterocycles. The molecule has 0 bridgehead atoms. The van der Waals surface area contributed by atoms with Crippen LogP contribution in [0.25, 0.3) is 0 Å². The lowest BCUT2D eigenvalue weighted by Crippen LogP contribution is -2.28. The van der Waals surface area contributed by atoms with Gasteiger partial charge >= 0.3 is 0 Å². The van der Waals surface area contributed by atoms with Crippen LogP contribution in [0.1, 0.15) is 38.3 Å². The number of halogens is 1. The van der Waals surface area contributed by atoms with Crippen LogP contribution in [0.5, 0.6) is 0 Å². The molecule has 1 amide bonds. The van der Waals surface area contributed by atoms with Gasteiger partial charge in [0.05, 0.1) is 11.8 Å². The lowest BCUT2D eigenvalue weighted by atomic mass is 10.1. The largest absolute Gasteiger partial charge is 0.349 e. The first-order valence-corrected chi connectivity index (χ1v) is 8.20. The first-order chi connectivity index (χ1) is 8.63. The number of unbranched alkanes of at least 4 members (excludes halogenated alkanes) is 1. The van der Waals surface area contributed by atoms with Crippen LogP contribution < -0.4 is 5.32 Å². The van der Waals surface area contributed by atoms with E-state index >= 15 is 0 Å². The highest BCUT2D eigenvalue weighted by atomic mass is 79.9. The van der Waals surface area contributed by atoms with Crippen LogP contribution in [-0.2, 0) is 4.79 Å². The number of amides is 1. The summed E-state index contributed by atoms with van der Waals surface area (Å²) in [5, 5.41) is 3.02. The van der Waals surface area contributed by atoms with Crippen molar-refractivity contribution < 1.29 is 4.79 Å². The molecule has 1 atom stereocenters. The van der Waals surface area contributed by atoms with Crippen molar-refractivity contribution in [1.82, 2.24) is 5.32 Å². The number of nitrogens with one attached hydrogen (secondary N) is 1. The topological polar surface area (TPSA) is 29.1 Å². The third kappa shape index (κ3) is 5.91. The maximum absolute atomic E-state index is 11.7. The first-order valence-electron chi connectivity index (χ1n) is 6.26. The van der Waals surface area contributed by atoms with Gasteiger partial charge in [0, 0.05) is 4.47 Å². The Hall–Kier alpha value is -0.480. The van der Waals surface area contributed by atoms with E-state index in [0.29, 0.717) is 5.75 Å². The van der Waals surface area contributed by atoms with Crippen molar-refractivity contribution in [3.05, 3.63) is 34.3 Å². The molecule has 0 saturated carbocycles. The molecule has 1 unspecified atom stereocenters. The van der Waals surface area contributed by atoms with Crippen LogP contribution in [0.4, 0.5) is 0 Å². The van der Waals surface area contributed by atoms with Gasteiger partial charge in [-0.3, -0.25) is 4.79 Å². The highest BCUT2D eigenvalue weighted by molar-refractivity contribution is 9.10. The molecule has 4 heteroatoms. The van der Waals surface area contributed by atoms with Gasteiger partial charge in [0.15, 0.2) is 0 Å². The number of rotatable bonds is 7. The fourth-order valence-electron chi connectivity index (χ4n) is 1.53. The van der Waals surface area contributed by atoms with Gasteiger partial charge in [-0.15, -0.1) is 0 Å². The molecule has 0 saturated heterocycles. The van der Waals surface area contributed by atoms with Crippen molar-refractivity contribution in [3.8, 4) is 0 Å². The Labute approximate surface area is 122 Å². The third-order valence-electron chi connectivity index (χ3n) is 2.62. The maximum atomic E-state index is 11.7. The Balaban J connectivity index is 2.33. The summed E-state index contributed by atoms with van der Waals surface area (Å²) in [7, 11) is 0. The molecule has 0 aliphatic rings. The molecule has 0 fully saturated rings. The minimum absolute atomic E-state index is 0.0670. The predicted octanol–water partition coefficient (Wildman–Crippen LogP) is 4.16. The van der Waals surface area contributed by atoms with Crippen LogP contribution in [-0.4, -0.2) is 17.4 Å². The minimum Gasteiger partial charge on any atom is -0.349 e. The van der Waals surface area contributed by atoms with E-state index in [1.165, 1.54) is 12.8 Å². The summed E-state index contributed by atoms with van der Waals surface area (Å²) < 4.78 is 1.06. The zero-order valence-corrected chi connectivity index (χ0v) is 13.3. The van der Waals surface area contributed by atoms with E-state index in [4.69, 9.17) is 0 Å². The predicted molar refractivity (Wildman–Crippen MR) is 82.9 cm³/mol. The summed E-state index contributed by atoms with van der Waals surface area (Å²) in [6.07, 6.45) is 2.37. The number of benzene rings is 1. The van der Waals surface area contributed by atoms with Crippen molar-refractivity contribution in [3.63, 3.8) is 0 Å². The van der Waals surface area contributed by atoms with E-state index in [1.807, 2.05) is 31.2 Å². The highest BCUT2D eigenvalue weighted by Gasteiger charge is 2.09. The first kappa shape index (κ1) is 15.6. The molecule has 0 radical (unpaired) electrons. The van der Waals surface area contributed by atoms with E-state index < -0.39 is 0 Å². The summed E-state index contributed by atoms with van der Waals surface area (Å²) in [6.45, 7) is 4.17. The van der Waals surface area contributed by atoms with Crippen LogP contribution in [0, 0.1) is 0 Å². The van der Waals surface area contributed by atoms with Gasteiger partial charge in [-0.05, 0) is 36.8 Å². The van der Waals surface area contributed by atoms with E-state index in [9.17, 15) is 4.79 Å². The smallest absolute Gasteiger partial charge is 0.230 e. The van der Waals surface area contributed by atoms with Crippen LogP contribution >= 0.6 is 27.7 Å². The monoisotopic (exact) mass is 329 g/mol. The van der Waals surface area contributed by atoms with Gasteiger partial charge in [0.25, 0.3) is 0 Å². The molecule has 1 rings (SSSR count). The van der Waals surface area contributed by atoms with E-state index in [0.717, 1.165) is 15.8 Å². The lowest BCUT2D eigenvalue weighted by molar-refractivity contribution is -0.119. The van der Waals surface area contributed by atoms with E-state index in [2.05, 4.69) is 28.2 Å². The number of carbonyl (C=O) groups is 1. The Morgan fingerprint density at radius 3 is 2.67 bits per heavy atom. The number of carbonyl (C=O) groups excluding carboxylic acids is 1. The van der Waals surface area contributed by atoms with Gasteiger partial charge in [0.2, 0.25) is 5.91 Å². The van der Waals surface area contributed by atoms with Crippen LogP contribution in [0.2, 0.25) is 0 Å². The molecule has 0 spiro atoms. The molecule has 0 aliphatic heterocycles. The van der Waals surface area contributed by atoms with E-state index in [-0.39, 0.29) is 11.9 Å². The number of thioether (sulfide) groups is 1. The summed E-state index contributed by atoms with van der Waals surface area (Å²) in [6, 6.07) is 8.11. The normalized spacial score (nSPS) is 12.2. The Morgan fingerprint density at radius 2 is 2.06 bits per heavy atom. The standard InChI is InChI=1S/C14H20BrNOS/c1-3-4-9-18-10-14(17)16-11(2)12-5-7-13(15)8-6-12/h5-8,11H,3-4,9-10H2,1-2H3,(H,16,17). The second kappa shape index (κ2) is 8.59. The second-order valence-electron chi connectivity index (χ2n) is 4.25. The highest BCUT2D eigenvalue weighted by Crippen LogP contribution is 2.16. The molecule has 1 N–H and O–H groups in total. The molecule has 18 heavy (non-hydrogen) atoms. The van der Waals surface area contributed by atoms with Gasteiger partial charge in [0.1, 0.15) is 0 Å². The molecular formula is C14H20BrNOS. The molecule has 1 aromatic rings. The molecule has 0 aromatic heterocycles. The zero-order chi connectivity index (χ0) is 13.4. The van der Waals surface area contributed by atoms with Gasteiger partial charge in [-0.25, -0.2) is 0 Å². The molecular weight excluding hydrogens is 310 g/mol. The second-order valence-corrected chi connectivity index (χ2v) is 6.27. The molecule has 2 nitrogen and oxygen atoms in total. The Morgan fingerprint density at radius 1 is 1.39 bits per heavy atom. The number of hydrogen-bond donors (Lipinski definition) is 1. The maximum Gasteiger partial charge on any atom is 0.230 e. The Bertz CT molecular complexity index is 367. The fourth-order valence-corrected chi connectivity index (χ4v) is 2.70. The average molecular weight is 330 g/mol. The SMILES string of the molecule is CCCCSCC(=O)NC(C)c1ccc(Br)cc1. The summed E-state index contributed by atoms with van der Waals surface area (Å²) in [5.41, 5.74) is 1.13. The summed E-state index contributed by atoms with van der Waals surface area (Å²) in [4.78, 5) is 11.7. The zero-order valence-electron chi connectivity index (χ0n) is 10.9. The van der Waals surface area contributed by atoms with Crippen molar-refractivity contribution >= 4 is 33.6 Å². The van der Waals surface area contributed by atoms with Crippen molar-refractivity contribution in [2.24, 2.45) is 0 Å². The molecule has 0 aliphatic carbocycles. The molecule has 100 valence electrons. The minimum atomic E-state index is 0.0670. The number of hydrogen-bond acceptors (Lipinski definition) is 2. The quantitative estimate of drug-likeness (QED) is 0.761. The van der Waals surface area contributed by atoms with Crippen molar-refractivity contribution in [2.75, 3.05) is 11.5 Å². The average Bonchev–Trinajstić information content (AvgIpc) is 2.35. The van der Waals surface area contributed by atoms with Gasteiger partial charge in [-0.2, -0.15) is 11.8 Å². The van der Waals surface area contributed by atoms with E-state index in [1.54, 1.807) is 11.8 Å². The van der Waals surface area contributed by atoms with Crippen molar-refractivity contribution in [2.45, 2.75) is 32.7 Å². The van der Waals surface area contributed by atoms with Gasteiger partial charge < -0.3 is 5.32 Å². The Kier molecular flexibility index (Phi) is 7.44. The lowest BCUT2D eigenvalue weighted by Gasteiger charge is -2.14. The van der Waals surface area contributed by atoms with Crippen LogP contribution in [0.15, 0.2) is 28.7 Å². The molecule has 1 aromatic carbocycles. The third-order valence-corrected chi connectivity index (χ3v) is 4.20.